The van der Waals surface area contributed by atoms with Crippen LogP contribution in [-0.2, 0) is 24.8 Å². The molecule has 0 aliphatic carbocycles. The van der Waals surface area contributed by atoms with E-state index in [1.165, 1.54) is 0 Å². The molecule has 1 heterocycles. The molecule has 1 amide bonds. The van der Waals surface area contributed by atoms with Crippen molar-refractivity contribution in [1.82, 2.24) is 10.3 Å². The maximum atomic E-state index is 12.5. The number of aromatic nitrogens is 1. The van der Waals surface area contributed by atoms with Crippen molar-refractivity contribution in [3.63, 3.8) is 0 Å². The van der Waals surface area contributed by atoms with Crippen molar-refractivity contribution >= 4 is 24.4 Å². The summed E-state index contributed by atoms with van der Waals surface area (Å²) in [6.07, 6.45) is 3.05. The van der Waals surface area contributed by atoms with Gasteiger partial charge in [-0.2, -0.15) is 0 Å². The molecule has 1 atom stereocenters. The van der Waals surface area contributed by atoms with Gasteiger partial charge in [0.25, 0.3) is 0 Å². The summed E-state index contributed by atoms with van der Waals surface area (Å²) in [6.45, 7) is 4.04. The zero-order valence-corrected chi connectivity index (χ0v) is 15.6. The fraction of sp³-hybridized carbons (Fsp3) is 0.471. The van der Waals surface area contributed by atoms with E-state index in [0.717, 1.165) is 16.5 Å². The van der Waals surface area contributed by atoms with E-state index in [1.54, 1.807) is 13.8 Å². The van der Waals surface area contributed by atoms with Gasteiger partial charge in [0.15, 0.2) is 0 Å². The van der Waals surface area contributed by atoms with Gasteiger partial charge in [-0.15, -0.1) is 0 Å². The minimum absolute atomic E-state index is 0.0455. The van der Waals surface area contributed by atoms with Gasteiger partial charge in [-0.1, -0.05) is 18.2 Å². The lowest BCUT2D eigenvalue weighted by molar-refractivity contribution is -0.120. The lowest BCUT2D eigenvalue weighted by atomic mass is 10.0. The third-order valence-corrected chi connectivity index (χ3v) is 5.78. The third kappa shape index (κ3) is 5.41. The number of aromatic amines is 1. The van der Waals surface area contributed by atoms with Gasteiger partial charge in [0.2, 0.25) is 5.91 Å². The zero-order valence-electron chi connectivity index (χ0n) is 14.7. The summed E-state index contributed by atoms with van der Waals surface area (Å²) in [5.74, 6) is -0.487. The maximum Gasteiger partial charge on any atom is 0.344 e. The molecule has 2 aromatic rings. The molecule has 0 bridgehead atoms. The summed E-state index contributed by atoms with van der Waals surface area (Å²) >= 11 is 0. The van der Waals surface area contributed by atoms with Gasteiger partial charge in [0.05, 0.1) is 25.5 Å². The average molecular weight is 367 g/mol. The molecule has 4 N–H and O–H groups in total. The van der Waals surface area contributed by atoms with Gasteiger partial charge in [-0.3, -0.25) is 14.7 Å². The van der Waals surface area contributed by atoms with Gasteiger partial charge in [0, 0.05) is 17.1 Å². The van der Waals surface area contributed by atoms with Crippen molar-refractivity contribution in [2.45, 2.75) is 32.7 Å². The molecule has 25 heavy (non-hydrogen) atoms. The number of fused-ring (bicyclic) bond motifs is 1. The predicted octanol–water partition coefficient (Wildman–Crippen LogP) is 2.77. The quantitative estimate of drug-likeness (QED) is 0.530. The van der Waals surface area contributed by atoms with Crippen molar-refractivity contribution in [3.8, 4) is 0 Å². The summed E-state index contributed by atoms with van der Waals surface area (Å²) in [7, 11) is -3.26. The summed E-state index contributed by atoms with van der Waals surface area (Å²) in [5.41, 5.74) is 7.65. The average Bonchev–Trinajstić information content (AvgIpc) is 2.98. The molecule has 0 saturated carbocycles. The molecule has 7 nitrogen and oxygen atoms in total. The van der Waals surface area contributed by atoms with Gasteiger partial charge < -0.3 is 19.8 Å². The van der Waals surface area contributed by atoms with E-state index in [1.807, 2.05) is 30.5 Å². The number of rotatable bonds is 11. The first kappa shape index (κ1) is 19.7. The van der Waals surface area contributed by atoms with Crippen LogP contribution in [0.4, 0.5) is 0 Å². The third-order valence-electron chi connectivity index (χ3n) is 3.90. The van der Waals surface area contributed by atoms with E-state index in [9.17, 15) is 9.36 Å². The second-order valence-corrected chi connectivity index (χ2v) is 7.72. The first-order chi connectivity index (χ1) is 12.0. The first-order valence-electron chi connectivity index (χ1n) is 8.45. The molecule has 0 fully saturated rings. The Labute approximate surface area is 147 Å². The second-order valence-electron chi connectivity index (χ2n) is 5.66. The fourth-order valence-electron chi connectivity index (χ4n) is 2.73. The predicted molar refractivity (Wildman–Crippen MR) is 98.5 cm³/mol. The minimum Gasteiger partial charge on any atom is -0.368 e. The number of hydrogen-bond acceptors (Lipinski definition) is 5. The number of primary amides is 1. The smallest absolute Gasteiger partial charge is 0.344 e. The van der Waals surface area contributed by atoms with Gasteiger partial charge in [-0.05, 0) is 38.3 Å². The van der Waals surface area contributed by atoms with E-state index in [0.29, 0.717) is 12.8 Å². The highest BCUT2D eigenvalue weighted by Crippen LogP contribution is 2.46. The highest BCUT2D eigenvalue weighted by Gasteiger charge is 2.26. The van der Waals surface area contributed by atoms with Crippen LogP contribution in [0.1, 0.15) is 25.8 Å². The summed E-state index contributed by atoms with van der Waals surface area (Å²) in [6, 6.07) is 7.37. The van der Waals surface area contributed by atoms with Crippen LogP contribution in [0.3, 0.4) is 0 Å². The van der Waals surface area contributed by atoms with Crippen molar-refractivity contribution in [3.05, 3.63) is 36.0 Å². The molecule has 0 aliphatic heterocycles. The number of nitrogens with two attached hydrogens (primary N) is 1. The van der Waals surface area contributed by atoms with Crippen molar-refractivity contribution in [2.24, 2.45) is 5.73 Å². The fourth-order valence-corrected chi connectivity index (χ4v) is 4.22. The molecule has 1 aromatic carbocycles. The molecule has 0 saturated heterocycles. The van der Waals surface area contributed by atoms with Crippen LogP contribution in [0, 0.1) is 0 Å². The number of para-hydroxylation sites is 1. The number of hydrogen-bond donors (Lipinski definition) is 3. The highest BCUT2D eigenvalue weighted by atomic mass is 31.2. The topological polar surface area (TPSA) is 106 Å². The number of carbonyl (C=O) groups is 1. The Hall–Kier alpha value is -1.66. The summed E-state index contributed by atoms with van der Waals surface area (Å²) in [4.78, 5) is 14.9. The normalized spacial score (nSPS) is 13.2. The number of nitrogens with one attached hydrogen (secondary N) is 2. The van der Waals surface area contributed by atoms with Crippen molar-refractivity contribution in [2.75, 3.05) is 19.5 Å². The Morgan fingerprint density at radius 2 is 1.96 bits per heavy atom. The molecule has 8 heteroatoms. The van der Waals surface area contributed by atoms with Crippen molar-refractivity contribution in [1.29, 1.82) is 0 Å². The molecule has 0 unspecified atom stereocenters. The molecule has 0 radical (unpaired) electrons. The SMILES string of the molecule is CCOP(=O)(CN[C@@H](CCc1c[nH]c2ccccc12)C(N)=O)OCC. The lowest BCUT2D eigenvalue weighted by Crippen LogP contribution is -2.42. The molecular formula is C17H26N3O4P. The van der Waals surface area contributed by atoms with Crippen LogP contribution < -0.4 is 11.1 Å². The number of benzene rings is 1. The van der Waals surface area contributed by atoms with Gasteiger partial charge in [0.1, 0.15) is 0 Å². The monoisotopic (exact) mass is 367 g/mol. The molecule has 0 aliphatic rings. The summed E-state index contributed by atoms with van der Waals surface area (Å²) in [5, 5.41) is 4.07. The second kappa shape index (κ2) is 9.15. The Bertz CT molecular complexity index is 736. The zero-order chi connectivity index (χ0) is 18.3. The van der Waals surface area contributed by atoms with Gasteiger partial charge in [-0.25, -0.2) is 0 Å². The number of carbonyl (C=O) groups excluding carboxylic acids is 1. The molecule has 2 rings (SSSR count). The van der Waals surface area contributed by atoms with Crippen LogP contribution in [0.2, 0.25) is 0 Å². The Balaban J connectivity index is 1.99. The van der Waals surface area contributed by atoms with E-state index in [-0.39, 0.29) is 19.5 Å². The van der Waals surface area contributed by atoms with Crippen LogP contribution in [0.5, 0.6) is 0 Å². The van der Waals surface area contributed by atoms with Crippen molar-refractivity contribution < 1.29 is 18.4 Å². The van der Waals surface area contributed by atoms with Gasteiger partial charge >= 0.3 is 7.60 Å². The Morgan fingerprint density at radius 1 is 1.28 bits per heavy atom. The van der Waals surface area contributed by atoms with E-state index in [4.69, 9.17) is 14.8 Å². The van der Waals surface area contributed by atoms with Crippen LogP contribution >= 0.6 is 7.60 Å². The van der Waals surface area contributed by atoms with Crippen LogP contribution in [0.15, 0.2) is 30.5 Å². The molecular weight excluding hydrogens is 341 g/mol. The molecule has 138 valence electrons. The number of H-pyrrole nitrogens is 1. The Kier molecular flexibility index (Phi) is 7.20. The molecule has 0 spiro atoms. The van der Waals surface area contributed by atoms with Crippen LogP contribution in [-0.4, -0.2) is 36.4 Å². The number of amides is 1. The van der Waals surface area contributed by atoms with E-state index >= 15 is 0 Å². The maximum absolute atomic E-state index is 12.5. The molecule has 1 aromatic heterocycles. The standard InChI is InChI=1S/C17H26N3O4P/c1-3-23-25(22,24-4-2)12-20-16(17(18)21)10-9-13-11-19-15-8-6-5-7-14(13)15/h5-8,11,16,19-20H,3-4,9-10,12H2,1-2H3,(H2,18,21)/t16-/m0/s1. The Morgan fingerprint density at radius 3 is 2.60 bits per heavy atom. The highest BCUT2D eigenvalue weighted by molar-refractivity contribution is 7.53. The lowest BCUT2D eigenvalue weighted by Gasteiger charge is -2.21. The number of aryl methyl sites for hydroxylation is 1. The first-order valence-corrected chi connectivity index (χ1v) is 10.2. The van der Waals surface area contributed by atoms with E-state index in [2.05, 4.69) is 10.3 Å². The summed E-state index contributed by atoms with van der Waals surface area (Å²) < 4.78 is 22.9. The largest absolute Gasteiger partial charge is 0.368 e. The van der Waals surface area contributed by atoms with Crippen LogP contribution in [0.25, 0.3) is 10.9 Å². The van der Waals surface area contributed by atoms with E-state index < -0.39 is 19.5 Å². The minimum atomic E-state index is -3.26.